The molecule has 2 nitrogen and oxygen atoms in total. The largest absolute Gasteiger partial charge is 0.392 e. The minimum Gasteiger partial charge on any atom is -0.392 e. The molecule has 2 aromatic rings. The van der Waals surface area contributed by atoms with Gasteiger partial charge in [-0.05, 0) is 17.2 Å². The fourth-order valence-electron chi connectivity index (χ4n) is 1.60. The van der Waals surface area contributed by atoms with E-state index in [2.05, 4.69) is 0 Å². The average molecular weight is 238 g/mol. The molecule has 90 valence electrons. The number of carbonyl (C=O) groups excluding carboxylic acids is 1. The summed E-state index contributed by atoms with van der Waals surface area (Å²) in [5.74, 6) is -0.0122. The summed E-state index contributed by atoms with van der Waals surface area (Å²) in [6.07, 6.45) is 3.33. The number of carbonyl (C=O) groups is 1. The Balaban J connectivity index is 2.08. The second-order valence-corrected chi connectivity index (χ2v) is 3.96. The topological polar surface area (TPSA) is 37.3 Å². The van der Waals surface area contributed by atoms with Gasteiger partial charge in [-0.3, -0.25) is 4.79 Å². The Kier molecular flexibility index (Phi) is 4.05. The molecule has 0 aromatic heterocycles. The van der Waals surface area contributed by atoms with Gasteiger partial charge in [0.25, 0.3) is 0 Å². The second-order valence-electron chi connectivity index (χ2n) is 3.96. The Bertz CT molecular complexity index is 539. The van der Waals surface area contributed by atoms with Crippen molar-refractivity contribution in [3.63, 3.8) is 0 Å². The number of rotatable bonds is 4. The molecule has 0 heterocycles. The SMILES string of the molecule is O=C(C=Cc1ccc(CO)cc1)c1ccccc1. The fraction of sp³-hybridized carbons (Fsp3) is 0.0625. The molecule has 2 aromatic carbocycles. The Hall–Kier alpha value is -2.19. The zero-order valence-electron chi connectivity index (χ0n) is 9.91. The van der Waals surface area contributed by atoms with Crippen molar-refractivity contribution in [2.75, 3.05) is 0 Å². The number of hydrogen-bond donors (Lipinski definition) is 1. The predicted molar refractivity (Wildman–Crippen MR) is 72.2 cm³/mol. The van der Waals surface area contributed by atoms with E-state index in [0.717, 1.165) is 11.1 Å². The lowest BCUT2D eigenvalue weighted by molar-refractivity contribution is 0.104. The summed E-state index contributed by atoms with van der Waals surface area (Å²) in [6, 6.07) is 16.6. The van der Waals surface area contributed by atoms with Gasteiger partial charge >= 0.3 is 0 Å². The predicted octanol–water partition coefficient (Wildman–Crippen LogP) is 3.08. The summed E-state index contributed by atoms with van der Waals surface area (Å²) in [5.41, 5.74) is 2.48. The van der Waals surface area contributed by atoms with Crippen molar-refractivity contribution >= 4 is 11.9 Å². The van der Waals surface area contributed by atoms with E-state index in [1.165, 1.54) is 0 Å². The van der Waals surface area contributed by atoms with Crippen molar-refractivity contribution in [2.24, 2.45) is 0 Å². The van der Waals surface area contributed by atoms with Crippen molar-refractivity contribution in [3.8, 4) is 0 Å². The third-order valence-electron chi connectivity index (χ3n) is 2.65. The van der Waals surface area contributed by atoms with E-state index in [1.807, 2.05) is 42.5 Å². The Labute approximate surface area is 106 Å². The molecule has 0 bridgehead atoms. The molecule has 0 radical (unpaired) electrons. The van der Waals surface area contributed by atoms with Crippen LogP contribution >= 0.6 is 0 Å². The van der Waals surface area contributed by atoms with Crippen LogP contribution in [0.25, 0.3) is 6.08 Å². The van der Waals surface area contributed by atoms with Crippen LogP contribution < -0.4 is 0 Å². The van der Waals surface area contributed by atoms with Crippen molar-refractivity contribution < 1.29 is 9.90 Å². The number of aliphatic hydroxyl groups is 1. The molecule has 0 saturated carbocycles. The van der Waals surface area contributed by atoms with Gasteiger partial charge in [0, 0.05) is 5.56 Å². The molecule has 18 heavy (non-hydrogen) atoms. The van der Waals surface area contributed by atoms with Crippen LogP contribution in [0.2, 0.25) is 0 Å². The van der Waals surface area contributed by atoms with E-state index >= 15 is 0 Å². The third-order valence-corrected chi connectivity index (χ3v) is 2.65. The molecule has 2 rings (SSSR count). The van der Waals surface area contributed by atoms with Crippen LogP contribution in [0.3, 0.4) is 0 Å². The summed E-state index contributed by atoms with van der Waals surface area (Å²) in [7, 11) is 0. The van der Waals surface area contributed by atoms with Crippen LogP contribution in [-0.2, 0) is 6.61 Å². The molecule has 0 unspecified atom stereocenters. The highest BCUT2D eigenvalue weighted by Crippen LogP contribution is 2.08. The van der Waals surface area contributed by atoms with Crippen molar-refractivity contribution in [2.45, 2.75) is 6.61 Å². The summed E-state index contributed by atoms with van der Waals surface area (Å²) in [4.78, 5) is 11.8. The van der Waals surface area contributed by atoms with Gasteiger partial charge in [-0.15, -0.1) is 0 Å². The lowest BCUT2D eigenvalue weighted by Crippen LogP contribution is -1.92. The Morgan fingerprint density at radius 2 is 1.67 bits per heavy atom. The van der Waals surface area contributed by atoms with E-state index in [4.69, 9.17) is 5.11 Å². The standard InChI is InChI=1S/C16H14O2/c17-12-14-8-6-13(7-9-14)10-11-16(18)15-4-2-1-3-5-15/h1-11,17H,12H2. The van der Waals surface area contributed by atoms with Crippen LogP contribution in [0.1, 0.15) is 21.5 Å². The van der Waals surface area contributed by atoms with Gasteiger partial charge in [0.1, 0.15) is 0 Å². The first-order valence-electron chi connectivity index (χ1n) is 5.77. The molecular weight excluding hydrogens is 224 g/mol. The summed E-state index contributed by atoms with van der Waals surface area (Å²) < 4.78 is 0. The zero-order chi connectivity index (χ0) is 12.8. The maximum Gasteiger partial charge on any atom is 0.185 e. The van der Waals surface area contributed by atoms with Gasteiger partial charge in [-0.2, -0.15) is 0 Å². The second kappa shape index (κ2) is 5.94. The van der Waals surface area contributed by atoms with Crippen LogP contribution in [-0.4, -0.2) is 10.9 Å². The average Bonchev–Trinajstić information content (AvgIpc) is 2.46. The molecule has 0 spiro atoms. The van der Waals surface area contributed by atoms with Gasteiger partial charge in [-0.1, -0.05) is 60.7 Å². The Morgan fingerprint density at radius 1 is 1.00 bits per heavy atom. The maximum absolute atomic E-state index is 11.8. The van der Waals surface area contributed by atoms with Crippen LogP contribution in [0.15, 0.2) is 60.7 Å². The minimum absolute atomic E-state index is 0.0122. The monoisotopic (exact) mass is 238 g/mol. The number of aliphatic hydroxyl groups excluding tert-OH is 1. The highest BCUT2D eigenvalue weighted by Gasteiger charge is 1.99. The van der Waals surface area contributed by atoms with Gasteiger partial charge < -0.3 is 5.11 Å². The highest BCUT2D eigenvalue weighted by atomic mass is 16.3. The molecule has 0 fully saturated rings. The fourth-order valence-corrected chi connectivity index (χ4v) is 1.60. The molecule has 0 atom stereocenters. The first-order chi connectivity index (χ1) is 8.79. The molecular formula is C16H14O2. The first kappa shape index (κ1) is 12.3. The number of hydrogen-bond acceptors (Lipinski definition) is 2. The number of ketones is 1. The maximum atomic E-state index is 11.8. The Morgan fingerprint density at radius 3 is 2.28 bits per heavy atom. The summed E-state index contributed by atoms with van der Waals surface area (Å²) in [5, 5.41) is 8.92. The minimum atomic E-state index is -0.0122. The molecule has 0 amide bonds. The van der Waals surface area contributed by atoms with Crippen molar-refractivity contribution in [3.05, 3.63) is 77.4 Å². The van der Waals surface area contributed by atoms with E-state index in [9.17, 15) is 4.79 Å². The van der Waals surface area contributed by atoms with Crippen molar-refractivity contribution in [1.29, 1.82) is 0 Å². The van der Waals surface area contributed by atoms with E-state index in [-0.39, 0.29) is 12.4 Å². The summed E-state index contributed by atoms with van der Waals surface area (Å²) in [6.45, 7) is 0.0347. The van der Waals surface area contributed by atoms with Gasteiger partial charge in [0.15, 0.2) is 5.78 Å². The number of benzene rings is 2. The van der Waals surface area contributed by atoms with Crippen molar-refractivity contribution in [1.82, 2.24) is 0 Å². The zero-order valence-corrected chi connectivity index (χ0v) is 9.91. The molecule has 0 aliphatic carbocycles. The third kappa shape index (κ3) is 3.15. The van der Waals surface area contributed by atoms with Gasteiger partial charge in [-0.25, -0.2) is 0 Å². The molecule has 1 N–H and O–H groups in total. The van der Waals surface area contributed by atoms with Gasteiger partial charge in [0.2, 0.25) is 0 Å². The highest BCUT2D eigenvalue weighted by molar-refractivity contribution is 6.06. The molecule has 0 saturated heterocycles. The van der Waals surface area contributed by atoms with E-state index in [0.29, 0.717) is 5.56 Å². The van der Waals surface area contributed by atoms with E-state index < -0.39 is 0 Å². The number of allylic oxidation sites excluding steroid dienone is 1. The lowest BCUT2D eigenvalue weighted by atomic mass is 10.1. The summed E-state index contributed by atoms with van der Waals surface area (Å²) >= 11 is 0. The molecule has 0 aliphatic rings. The quantitative estimate of drug-likeness (QED) is 0.656. The van der Waals surface area contributed by atoms with E-state index in [1.54, 1.807) is 24.3 Å². The van der Waals surface area contributed by atoms with Crippen LogP contribution in [0, 0.1) is 0 Å². The normalized spacial score (nSPS) is 10.7. The molecule has 0 aliphatic heterocycles. The smallest absolute Gasteiger partial charge is 0.185 e. The van der Waals surface area contributed by atoms with Gasteiger partial charge in [0.05, 0.1) is 6.61 Å². The lowest BCUT2D eigenvalue weighted by Gasteiger charge is -1.97. The van der Waals surface area contributed by atoms with Crippen LogP contribution in [0.4, 0.5) is 0 Å². The molecule has 2 heteroatoms. The first-order valence-corrected chi connectivity index (χ1v) is 5.77. The van der Waals surface area contributed by atoms with Crippen LogP contribution in [0.5, 0.6) is 0 Å².